The van der Waals surface area contributed by atoms with Gasteiger partial charge in [-0.2, -0.15) is 5.26 Å². The van der Waals surface area contributed by atoms with E-state index in [1.807, 2.05) is 24.4 Å². The third-order valence-corrected chi connectivity index (χ3v) is 5.21. The van der Waals surface area contributed by atoms with Gasteiger partial charge in [0.25, 0.3) is 0 Å². The Labute approximate surface area is 172 Å². The van der Waals surface area contributed by atoms with Gasteiger partial charge in [0.05, 0.1) is 25.5 Å². The molecule has 0 radical (unpaired) electrons. The first-order valence-corrected chi connectivity index (χ1v) is 9.79. The van der Waals surface area contributed by atoms with Crippen molar-refractivity contribution < 1.29 is 14.3 Å². The Bertz CT molecular complexity index is 1020. The highest BCUT2D eigenvalue weighted by atomic mass is 35.5. The van der Waals surface area contributed by atoms with Crippen LogP contribution < -0.4 is 9.47 Å². The van der Waals surface area contributed by atoms with E-state index >= 15 is 0 Å². The average Bonchev–Trinajstić information content (AvgIpc) is 3.19. The molecule has 1 heterocycles. The molecule has 1 unspecified atom stereocenters. The highest BCUT2D eigenvalue weighted by Gasteiger charge is 2.26. The summed E-state index contributed by atoms with van der Waals surface area (Å²) in [5, 5.41) is 12.5. The molecule has 3 aromatic rings. The van der Waals surface area contributed by atoms with Crippen molar-refractivity contribution in [1.82, 2.24) is 4.98 Å². The summed E-state index contributed by atoms with van der Waals surface area (Å²) in [4.78, 5) is 17.4. The predicted octanol–water partition coefficient (Wildman–Crippen LogP) is 5.36. The number of carbonyl (C=O) groups is 1. The molecule has 0 amide bonds. The number of Topliss-reactive ketones (excluding diaryl/α,β-unsaturated/α-hetero) is 1. The Kier molecular flexibility index (Phi) is 6.30. The molecule has 0 aliphatic rings. The number of ketones is 1. The van der Waals surface area contributed by atoms with Crippen LogP contribution in [-0.4, -0.2) is 24.5 Å². The highest BCUT2D eigenvalue weighted by Crippen LogP contribution is 2.32. The number of nitrogens with zero attached hydrogens (tertiary/aromatic N) is 2. The molecule has 0 N–H and O–H groups in total. The number of benzene rings is 2. The van der Waals surface area contributed by atoms with Crippen molar-refractivity contribution in [2.24, 2.45) is 0 Å². The van der Waals surface area contributed by atoms with Crippen LogP contribution >= 0.6 is 22.9 Å². The Hall–Kier alpha value is -2.88. The fourth-order valence-corrected chi connectivity index (χ4v) is 3.66. The molecule has 142 valence electrons. The quantitative estimate of drug-likeness (QED) is 0.488. The van der Waals surface area contributed by atoms with E-state index in [0.29, 0.717) is 39.4 Å². The maximum atomic E-state index is 12.9. The van der Waals surface area contributed by atoms with Crippen LogP contribution in [-0.2, 0) is 0 Å². The molecule has 5 nitrogen and oxygen atoms in total. The van der Waals surface area contributed by atoms with Crippen LogP contribution in [0.3, 0.4) is 0 Å². The van der Waals surface area contributed by atoms with Crippen molar-refractivity contribution in [3.63, 3.8) is 0 Å². The van der Waals surface area contributed by atoms with Crippen LogP contribution in [0, 0.1) is 11.3 Å². The van der Waals surface area contributed by atoms with Gasteiger partial charge in [-0.1, -0.05) is 23.7 Å². The Morgan fingerprint density at radius 3 is 2.64 bits per heavy atom. The van der Waals surface area contributed by atoms with Gasteiger partial charge < -0.3 is 9.47 Å². The van der Waals surface area contributed by atoms with Gasteiger partial charge in [0, 0.05) is 21.5 Å². The monoisotopic (exact) mass is 412 g/mol. The van der Waals surface area contributed by atoms with Crippen molar-refractivity contribution in [3.8, 4) is 28.8 Å². The second-order valence-corrected chi connectivity index (χ2v) is 7.13. The van der Waals surface area contributed by atoms with Crippen molar-refractivity contribution in [2.45, 2.75) is 12.8 Å². The van der Waals surface area contributed by atoms with Gasteiger partial charge in [0.1, 0.15) is 5.01 Å². The van der Waals surface area contributed by atoms with E-state index in [0.717, 1.165) is 5.56 Å². The minimum atomic E-state index is -0.992. The standard InChI is InChI=1S/C21H17ClN2O3S/c1-3-27-18-9-6-14(10-19(18)26-2)20(25)16(11-23)21-24-17(12-28-21)13-4-7-15(22)8-5-13/h4-10,12,16H,3H2,1-2H3. The zero-order valence-corrected chi connectivity index (χ0v) is 16.9. The number of aromatic nitrogens is 1. The van der Waals surface area contributed by atoms with Crippen LogP contribution in [0.1, 0.15) is 28.2 Å². The molecule has 2 aromatic carbocycles. The molecule has 0 aliphatic heterocycles. The molecular formula is C21H17ClN2O3S. The summed E-state index contributed by atoms with van der Waals surface area (Å²) in [5.74, 6) is -0.325. The molecule has 0 aliphatic carbocycles. The molecule has 0 bridgehead atoms. The smallest absolute Gasteiger partial charge is 0.187 e. The number of thiazole rings is 1. The summed E-state index contributed by atoms with van der Waals surface area (Å²) in [6.07, 6.45) is 0. The van der Waals surface area contributed by atoms with E-state index < -0.39 is 5.92 Å². The fourth-order valence-electron chi connectivity index (χ4n) is 2.66. The summed E-state index contributed by atoms with van der Waals surface area (Å²) in [7, 11) is 1.51. The molecule has 0 saturated heterocycles. The van der Waals surface area contributed by atoms with E-state index in [9.17, 15) is 10.1 Å². The summed E-state index contributed by atoms with van der Waals surface area (Å²) in [6, 6.07) is 14.2. The first-order valence-electron chi connectivity index (χ1n) is 8.53. The molecule has 28 heavy (non-hydrogen) atoms. The predicted molar refractivity (Wildman–Crippen MR) is 109 cm³/mol. The number of carbonyl (C=O) groups excluding carboxylic acids is 1. The minimum Gasteiger partial charge on any atom is -0.493 e. The third-order valence-electron chi connectivity index (χ3n) is 4.05. The second kappa shape index (κ2) is 8.87. The Morgan fingerprint density at radius 2 is 2.00 bits per heavy atom. The average molecular weight is 413 g/mol. The van der Waals surface area contributed by atoms with Crippen LogP contribution in [0.5, 0.6) is 11.5 Å². The number of halogens is 1. The van der Waals surface area contributed by atoms with E-state index in [4.69, 9.17) is 21.1 Å². The van der Waals surface area contributed by atoms with Gasteiger partial charge in [0.2, 0.25) is 0 Å². The van der Waals surface area contributed by atoms with Crippen LogP contribution in [0.2, 0.25) is 5.02 Å². The van der Waals surface area contributed by atoms with E-state index in [-0.39, 0.29) is 5.78 Å². The maximum Gasteiger partial charge on any atom is 0.187 e. The molecule has 1 aromatic heterocycles. The molecule has 0 saturated carbocycles. The lowest BCUT2D eigenvalue weighted by molar-refractivity contribution is 0.0978. The van der Waals surface area contributed by atoms with Crippen molar-refractivity contribution in [1.29, 1.82) is 5.26 Å². The number of rotatable bonds is 7. The lowest BCUT2D eigenvalue weighted by Crippen LogP contribution is -2.11. The lowest BCUT2D eigenvalue weighted by Gasteiger charge is -2.11. The molecule has 0 spiro atoms. The number of nitriles is 1. The summed E-state index contributed by atoms with van der Waals surface area (Å²) in [5.41, 5.74) is 1.95. The van der Waals surface area contributed by atoms with E-state index in [1.54, 1.807) is 30.3 Å². The number of hydrogen-bond acceptors (Lipinski definition) is 6. The molecule has 1 atom stereocenters. The Morgan fingerprint density at radius 1 is 1.25 bits per heavy atom. The number of hydrogen-bond donors (Lipinski definition) is 0. The lowest BCUT2D eigenvalue weighted by atomic mass is 9.99. The van der Waals surface area contributed by atoms with Gasteiger partial charge in [-0.25, -0.2) is 4.98 Å². The topological polar surface area (TPSA) is 72.2 Å². The SMILES string of the molecule is CCOc1ccc(C(=O)C(C#N)c2nc(-c3ccc(Cl)cc3)cs2)cc1OC. The van der Waals surface area contributed by atoms with Crippen molar-refractivity contribution in [3.05, 3.63) is 63.4 Å². The minimum absolute atomic E-state index is 0.333. The number of ether oxygens (including phenoxy) is 2. The molecule has 7 heteroatoms. The second-order valence-electron chi connectivity index (χ2n) is 5.80. The third kappa shape index (κ3) is 4.16. The van der Waals surface area contributed by atoms with Gasteiger partial charge in [0.15, 0.2) is 23.2 Å². The van der Waals surface area contributed by atoms with Crippen molar-refractivity contribution in [2.75, 3.05) is 13.7 Å². The maximum absolute atomic E-state index is 12.9. The van der Waals surface area contributed by atoms with Crippen LogP contribution in [0.4, 0.5) is 0 Å². The molecule has 0 fully saturated rings. The Balaban J connectivity index is 1.88. The highest BCUT2D eigenvalue weighted by molar-refractivity contribution is 7.10. The first-order chi connectivity index (χ1) is 13.6. The summed E-state index contributed by atoms with van der Waals surface area (Å²) < 4.78 is 10.8. The van der Waals surface area contributed by atoms with Crippen LogP contribution in [0.25, 0.3) is 11.3 Å². The van der Waals surface area contributed by atoms with Gasteiger partial charge in [-0.15, -0.1) is 11.3 Å². The van der Waals surface area contributed by atoms with Gasteiger partial charge in [-0.3, -0.25) is 4.79 Å². The normalized spacial score (nSPS) is 11.5. The largest absolute Gasteiger partial charge is 0.493 e. The molecule has 3 rings (SSSR count). The zero-order valence-electron chi connectivity index (χ0n) is 15.3. The summed E-state index contributed by atoms with van der Waals surface area (Å²) in [6.45, 7) is 2.35. The van der Waals surface area contributed by atoms with Crippen LogP contribution in [0.15, 0.2) is 47.8 Å². The van der Waals surface area contributed by atoms with Gasteiger partial charge >= 0.3 is 0 Å². The van der Waals surface area contributed by atoms with E-state index in [2.05, 4.69) is 11.1 Å². The fraction of sp³-hybridized carbons (Fsp3) is 0.190. The van der Waals surface area contributed by atoms with E-state index in [1.165, 1.54) is 18.4 Å². The summed E-state index contributed by atoms with van der Waals surface area (Å²) >= 11 is 7.20. The first kappa shape index (κ1) is 19.9. The molecular weight excluding hydrogens is 396 g/mol. The van der Waals surface area contributed by atoms with Gasteiger partial charge in [-0.05, 0) is 37.3 Å². The zero-order chi connectivity index (χ0) is 20.1. The van der Waals surface area contributed by atoms with Crippen molar-refractivity contribution >= 4 is 28.7 Å². The number of methoxy groups -OCH3 is 1.